The Bertz CT molecular complexity index is 262. The third-order valence-electron chi connectivity index (χ3n) is 3.29. The molecule has 1 atom stereocenters. The Hall–Kier alpha value is -0.820. The Morgan fingerprint density at radius 3 is 2.43 bits per heavy atom. The van der Waals surface area contributed by atoms with Gasteiger partial charge >= 0.3 is 0 Å². The standard InChI is InChI=1S/C13H19N/c14-13(10-11-6-4-5-7-11)12-8-2-1-3-9-12/h1-3,8-9,11,13H,4-7,10,14H2/t13-/m0/s1. The zero-order valence-electron chi connectivity index (χ0n) is 8.65. The van der Waals surface area contributed by atoms with Crippen molar-refractivity contribution in [2.24, 2.45) is 11.7 Å². The molecule has 0 amide bonds. The van der Waals surface area contributed by atoms with Crippen molar-refractivity contribution in [3.05, 3.63) is 35.9 Å². The van der Waals surface area contributed by atoms with Crippen molar-refractivity contribution in [1.29, 1.82) is 0 Å². The van der Waals surface area contributed by atoms with Gasteiger partial charge in [0.05, 0.1) is 0 Å². The van der Waals surface area contributed by atoms with Crippen LogP contribution >= 0.6 is 0 Å². The van der Waals surface area contributed by atoms with E-state index in [1.807, 2.05) is 6.07 Å². The van der Waals surface area contributed by atoms with Crippen molar-refractivity contribution in [2.45, 2.75) is 38.1 Å². The molecule has 0 heterocycles. The molecule has 1 nitrogen and oxygen atoms in total. The van der Waals surface area contributed by atoms with Gasteiger partial charge < -0.3 is 5.73 Å². The third-order valence-corrected chi connectivity index (χ3v) is 3.29. The van der Waals surface area contributed by atoms with E-state index < -0.39 is 0 Å². The van der Waals surface area contributed by atoms with Gasteiger partial charge in [0, 0.05) is 6.04 Å². The van der Waals surface area contributed by atoms with E-state index in [4.69, 9.17) is 5.73 Å². The Balaban J connectivity index is 1.92. The van der Waals surface area contributed by atoms with Gasteiger partial charge in [-0.2, -0.15) is 0 Å². The number of hydrogen-bond donors (Lipinski definition) is 1. The smallest absolute Gasteiger partial charge is 0.0297 e. The number of hydrogen-bond acceptors (Lipinski definition) is 1. The maximum absolute atomic E-state index is 6.17. The first kappa shape index (κ1) is 9.72. The first-order valence-electron chi connectivity index (χ1n) is 5.67. The lowest BCUT2D eigenvalue weighted by atomic mass is 9.94. The highest BCUT2D eigenvalue weighted by atomic mass is 14.6. The number of benzene rings is 1. The van der Waals surface area contributed by atoms with Crippen LogP contribution in [0.2, 0.25) is 0 Å². The van der Waals surface area contributed by atoms with Crippen LogP contribution in [-0.2, 0) is 0 Å². The molecule has 2 rings (SSSR count). The second-order valence-electron chi connectivity index (χ2n) is 4.40. The number of nitrogens with two attached hydrogens (primary N) is 1. The minimum absolute atomic E-state index is 0.249. The monoisotopic (exact) mass is 189 g/mol. The van der Waals surface area contributed by atoms with Crippen molar-refractivity contribution < 1.29 is 0 Å². The average molecular weight is 189 g/mol. The average Bonchev–Trinajstić information content (AvgIpc) is 2.72. The van der Waals surface area contributed by atoms with Crippen molar-refractivity contribution >= 4 is 0 Å². The van der Waals surface area contributed by atoms with Crippen molar-refractivity contribution in [3.8, 4) is 0 Å². The van der Waals surface area contributed by atoms with Crippen molar-refractivity contribution in [1.82, 2.24) is 0 Å². The Morgan fingerprint density at radius 1 is 1.14 bits per heavy atom. The zero-order chi connectivity index (χ0) is 9.80. The molecular formula is C13H19N. The molecule has 1 aliphatic rings. The summed E-state index contributed by atoms with van der Waals surface area (Å²) >= 11 is 0. The molecule has 1 aromatic rings. The molecule has 0 bridgehead atoms. The summed E-state index contributed by atoms with van der Waals surface area (Å²) in [7, 11) is 0. The van der Waals surface area contributed by atoms with Gasteiger partial charge in [-0.15, -0.1) is 0 Å². The number of rotatable bonds is 3. The topological polar surface area (TPSA) is 26.0 Å². The molecule has 1 heteroatoms. The van der Waals surface area contributed by atoms with Crippen LogP contribution in [0.5, 0.6) is 0 Å². The van der Waals surface area contributed by atoms with Crippen LogP contribution in [0.15, 0.2) is 30.3 Å². The predicted molar refractivity (Wildman–Crippen MR) is 59.9 cm³/mol. The molecule has 1 fully saturated rings. The molecule has 76 valence electrons. The lowest BCUT2D eigenvalue weighted by Crippen LogP contribution is -2.13. The largest absolute Gasteiger partial charge is 0.324 e. The molecule has 0 aromatic heterocycles. The quantitative estimate of drug-likeness (QED) is 0.776. The van der Waals surface area contributed by atoms with E-state index in [1.165, 1.54) is 37.7 Å². The maximum Gasteiger partial charge on any atom is 0.0297 e. The Labute approximate surface area is 86.3 Å². The highest BCUT2D eigenvalue weighted by Crippen LogP contribution is 2.31. The maximum atomic E-state index is 6.17. The van der Waals surface area contributed by atoms with Crippen LogP contribution in [0.4, 0.5) is 0 Å². The van der Waals surface area contributed by atoms with Gasteiger partial charge in [-0.25, -0.2) is 0 Å². The lowest BCUT2D eigenvalue weighted by Gasteiger charge is -2.16. The molecule has 2 N–H and O–H groups in total. The van der Waals surface area contributed by atoms with E-state index in [-0.39, 0.29) is 6.04 Å². The minimum atomic E-state index is 0.249. The molecule has 0 aliphatic heterocycles. The van der Waals surface area contributed by atoms with E-state index in [0.717, 1.165) is 5.92 Å². The SMILES string of the molecule is N[C@@H](CC1CCCC1)c1ccccc1. The fourth-order valence-electron chi connectivity index (χ4n) is 2.44. The van der Waals surface area contributed by atoms with E-state index >= 15 is 0 Å². The summed E-state index contributed by atoms with van der Waals surface area (Å²) in [5, 5.41) is 0. The lowest BCUT2D eigenvalue weighted by molar-refractivity contribution is 0.451. The summed E-state index contributed by atoms with van der Waals surface area (Å²) in [5.41, 5.74) is 7.47. The fraction of sp³-hybridized carbons (Fsp3) is 0.538. The fourth-order valence-corrected chi connectivity index (χ4v) is 2.44. The Morgan fingerprint density at radius 2 is 1.79 bits per heavy atom. The molecule has 0 radical (unpaired) electrons. The summed E-state index contributed by atoms with van der Waals surface area (Å²) < 4.78 is 0. The van der Waals surface area contributed by atoms with Crippen LogP contribution < -0.4 is 5.73 Å². The summed E-state index contributed by atoms with van der Waals surface area (Å²) in [6.45, 7) is 0. The van der Waals surface area contributed by atoms with Gasteiger partial charge in [-0.1, -0.05) is 56.0 Å². The van der Waals surface area contributed by atoms with Crippen LogP contribution in [0.25, 0.3) is 0 Å². The summed E-state index contributed by atoms with van der Waals surface area (Å²) in [6.07, 6.45) is 6.77. The second-order valence-corrected chi connectivity index (χ2v) is 4.40. The third kappa shape index (κ3) is 2.36. The van der Waals surface area contributed by atoms with Crippen LogP contribution in [0.1, 0.15) is 43.7 Å². The highest BCUT2D eigenvalue weighted by molar-refractivity contribution is 5.18. The summed E-state index contributed by atoms with van der Waals surface area (Å²) in [5.74, 6) is 0.880. The minimum Gasteiger partial charge on any atom is -0.324 e. The van der Waals surface area contributed by atoms with Gasteiger partial charge in [0.2, 0.25) is 0 Å². The Kier molecular flexibility index (Phi) is 3.20. The first-order chi connectivity index (χ1) is 6.86. The van der Waals surface area contributed by atoms with E-state index in [2.05, 4.69) is 24.3 Å². The van der Waals surface area contributed by atoms with E-state index in [9.17, 15) is 0 Å². The van der Waals surface area contributed by atoms with Crippen molar-refractivity contribution in [3.63, 3.8) is 0 Å². The molecule has 0 saturated heterocycles. The summed E-state index contributed by atoms with van der Waals surface area (Å²) in [4.78, 5) is 0. The first-order valence-corrected chi connectivity index (χ1v) is 5.67. The molecule has 1 saturated carbocycles. The van der Waals surface area contributed by atoms with E-state index in [1.54, 1.807) is 0 Å². The molecule has 1 aliphatic carbocycles. The second kappa shape index (κ2) is 4.61. The molecule has 0 unspecified atom stereocenters. The van der Waals surface area contributed by atoms with Crippen LogP contribution in [-0.4, -0.2) is 0 Å². The van der Waals surface area contributed by atoms with Crippen LogP contribution in [0.3, 0.4) is 0 Å². The normalized spacial score (nSPS) is 19.8. The zero-order valence-corrected chi connectivity index (χ0v) is 8.65. The predicted octanol–water partition coefficient (Wildman–Crippen LogP) is 3.27. The molecule has 0 spiro atoms. The molecular weight excluding hydrogens is 170 g/mol. The van der Waals surface area contributed by atoms with Gasteiger partial charge in [0.15, 0.2) is 0 Å². The summed E-state index contributed by atoms with van der Waals surface area (Å²) in [6, 6.07) is 10.7. The van der Waals surface area contributed by atoms with Crippen LogP contribution in [0, 0.1) is 5.92 Å². The van der Waals surface area contributed by atoms with Crippen molar-refractivity contribution in [2.75, 3.05) is 0 Å². The highest BCUT2D eigenvalue weighted by Gasteiger charge is 2.18. The molecule has 14 heavy (non-hydrogen) atoms. The molecule has 1 aromatic carbocycles. The van der Waals surface area contributed by atoms with Gasteiger partial charge in [-0.05, 0) is 17.9 Å². The van der Waals surface area contributed by atoms with Gasteiger partial charge in [0.1, 0.15) is 0 Å². The van der Waals surface area contributed by atoms with E-state index in [0.29, 0.717) is 0 Å². The van der Waals surface area contributed by atoms with Gasteiger partial charge in [-0.3, -0.25) is 0 Å². The van der Waals surface area contributed by atoms with Gasteiger partial charge in [0.25, 0.3) is 0 Å².